The molecule has 0 atom stereocenters. The lowest BCUT2D eigenvalue weighted by Gasteiger charge is -2.34. The van der Waals surface area contributed by atoms with Crippen molar-refractivity contribution in [1.29, 1.82) is 0 Å². The minimum Gasteiger partial charge on any atom is -0.345 e. The average Bonchev–Trinajstić information content (AvgIpc) is 3.01. The van der Waals surface area contributed by atoms with Gasteiger partial charge in [0.2, 0.25) is 11.9 Å². The van der Waals surface area contributed by atoms with Crippen molar-refractivity contribution in [1.82, 2.24) is 19.4 Å². The summed E-state index contributed by atoms with van der Waals surface area (Å²) >= 11 is 0. The molecule has 6 nitrogen and oxygen atoms in total. The number of carbonyl (C=O) groups excluding carboxylic acids is 1. The summed E-state index contributed by atoms with van der Waals surface area (Å²) in [6, 6.07) is 5.66. The van der Waals surface area contributed by atoms with Crippen LogP contribution >= 0.6 is 0 Å². The first-order chi connectivity index (χ1) is 9.83. The number of rotatable bonds is 3. The summed E-state index contributed by atoms with van der Waals surface area (Å²) in [6.45, 7) is 3.41. The van der Waals surface area contributed by atoms with E-state index < -0.39 is 0 Å². The number of piperazine rings is 1. The number of amides is 1. The first-order valence-electron chi connectivity index (χ1n) is 6.73. The summed E-state index contributed by atoms with van der Waals surface area (Å²) in [5, 5.41) is 0. The van der Waals surface area contributed by atoms with Gasteiger partial charge in [-0.3, -0.25) is 4.79 Å². The topological polar surface area (TPSA) is 54.3 Å². The third-order valence-electron chi connectivity index (χ3n) is 3.45. The van der Waals surface area contributed by atoms with Crippen LogP contribution in [0.2, 0.25) is 0 Å². The van der Waals surface area contributed by atoms with E-state index in [4.69, 9.17) is 0 Å². The molecule has 0 unspecified atom stereocenters. The monoisotopic (exact) mass is 271 g/mol. The van der Waals surface area contributed by atoms with E-state index in [0.29, 0.717) is 6.54 Å². The Bertz CT molecular complexity index is 546. The third-order valence-corrected chi connectivity index (χ3v) is 3.45. The van der Waals surface area contributed by atoms with Crippen molar-refractivity contribution in [2.45, 2.75) is 6.54 Å². The average molecular weight is 271 g/mol. The van der Waals surface area contributed by atoms with Gasteiger partial charge >= 0.3 is 0 Å². The highest BCUT2D eigenvalue weighted by atomic mass is 16.2. The summed E-state index contributed by atoms with van der Waals surface area (Å²) in [5.74, 6) is 0.903. The van der Waals surface area contributed by atoms with Crippen LogP contribution in [0.4, 0.5) is 5.95 Å². The van der Waals surface area contributed by atoms with E-state index in [1.807, 2.05) is 34.0 Å². The third kappa shape index (κ3) is 2.79. The molecule has 0 saturated carbocycles. The number of anilines is 1. The van der Waals surface area contributed by atoms with Crippen LogP contribution in [0.25, 0.3) is 0 Å². The predicted molar refractivity (Wildman–Crippen MR) is 75.3 cm³/mol. The Labute approximate surface area is 117 Å². The zero-order chi connectivity index (χ0) is 13.8. The highest BCUT2D eigenvalue weighted by Gasteiger charge is 2.22. The first kappa shape index (κ1) is 12.7. The lowest BCUT2D eigenvalue weighted by Crippen LogP contribution is -2.50. The fraction of sp³-hybridized carbons (Fsp3) is 0.357. The smallest absolute Gasteiger partial charge is 0.242 e. The normalized spacial score (nSPS) is 15.4. The molecule has 1 amide bonds. The van der Waals surface area contributed by atoms with Gasteiger partial charge in [0.25, 0.3) is 0 Å². The SMILES string of the molecule is O=C(Cn1cccc1)N1CCN(c2ncccn2)CC1. The van der Waals surface area contributed by atoms with Gasteiger partial charge in [-0.25, -0.2) is 9.97 Å². The largest absolute Gasteiger partial charge is 0.345 e. The Morgan fingerprint density at radius 2 is 1.65 bits per heavy atom. The van der Waals surface area contributed by atoms with Gasteiger partial charge < -0.3 is 14.4 Å². The molecular weight excluding hydrogens is 254 g/mol. The van der Waals surface area contributed by atoms with Crippen LogP contribution in [-0.2, 0) is 11.3 Å². The molecule has 104 valence electrons. The molecule has 3 rings (SSSR count). The summed E-state index contributed by atoms with van der Waals surface area (Å²) < 4.78 is 1.90. The van der Waals surface area contributed by atoms with Crippen LogP contribution < -0.4 is 4.90 Å². The number of hydrogen-bond acceptors (Lipinski definition) is 4. The Balaban J connectivity index is 1.54. The van der Waals surface area contributed by atoms with Crippen LogP contribution in [0.5, 0.6) is 0 Å². The zero-order valence-electron chi connectivity index (χ0n) is 11.2. The number of carbonyl (C=O) groups is 1. The highest BCUT2D eigenvalue weighted by molar-refractivity contribution is 5.76. The molecule has 0 spiro atoms. The van der Waals surface area contributed by atoms with Gasteiger partial charge in [-0.2, -0.15) is 0 Å². The highest BCUT2D eigenvalue weighted by Crippen LogP contribution is 2.10. The van der Waals surface area contributed by atoms with Crippen LogP contribution in [0, 0.1) is 0 Å². The molecule has 1 aliphatic heterocycles. The van der Waals surface area contributed by atoms with Crippen LogP contribution in [-0.4, -0.2) is 51.5 Å². The molecule has 0 aliphatic carbocycles. The summed E-state index contributed by atoms with van der Waals surface area (Å²) in [7, 11) is 0. The van der Waals surface area contributed by atoms with E-state index in [2.05, 4.69) is 14.9 Å². The van der Waals surface area contributed by atoms with Gasteiger partial charge in [0, 0.05) is 51.0 Å². The molecule has 20 heavy (non-hydrogen) atoms. The Morgan fingerprint density at radius 1 is 1.00 bits per heavy atom. The zero-order valence-corrected chi connectivity index (χ0v) is 11.2. The van der Waals surface area contributed by atoms with Crippen molar-refractivity contribution < 1.29 is 4.79 Å². The van der Waals surface area contributed by atoms with Gasteiger partial charge in [0.1, 0.15) is 6.54 Å². The van der Waals surface area contributed by atoms with Crippen molar-refractivity contribution in [2.75, 3.05) is 31.1 Å². The molecule has 2 aromatic rings. The van der Waals surface area contributed by atoms with Crippen LogP contribution in [0.3, 0.4) is 0 Å². The molecule has 1 fully saturated rings. The molecule has 1 saturated heterocycles. The van der Waals surface area contributed by atoms with Crippen LogP contribution in [0.1, 0.15) is 0 Å². The van der Waals surface area contributed by atoms with E-state index in [9.17, 15) is 4.79 Å². The van der Waals surface area contributed by atoms with Crippen molar-refractivity contribution in [3.8, 4) is 0 Å². The summed E-state index contributed by atoms with van der Waals surface area (Å²) in [5.41, 5.74) is 0. The quantitative estimate of drug-likeness (QED) is 0.821. The van der Waals surface area contributed by atoms with Crippen molar-refractivity contribution in [3.63, 3.8) is 0 Å². The van der Waals surface area contributed by atoms with E-state index >= 15 is 0 Å². The lowest BCUT2D eigenvalue weighted by molar-refractivity contribution is -0.132. The second kappa shape index (κ2) is 5.73. The van der Waals surface area contributed by atoms with Gasteiger partial charge in [0.15, 0.2) is 0 Å². The molecule has 0 N–H and O–H groups in total. The number of hydrogen-bond donors (Lipinski definition) is 0. The Kier molecular flexibility index (Phi) is 3.62. The maximum atomic E-state index is 12.2. The molecule has 1 aliphatic rings. The fourth-order valence-corrected chi connectivity index (χ4v) is 2.34. The van der Waals surface area contributed by atoms with E-state index in [1.165, 1.54) is 0 Å². The van der Waals surface area contributed by atoms with Gasteiger partial charge in [-0.1, -0.05) is 0 Å². The van der Waals surface area contributed by atoms with Gasteiger partial charge in [-0.15, -0.1) is 0 Å². The van der Waals surface area contributed by atoms with E-state index in [-0.39, 0.29) is 5.91 Å². The number of nitrogens with zero attached hydrogens (tertiary/aromatic N) is 5. The maximum absolute atomic E-state index is 12.2. The van der Waals surface area contributed by atoms with Crippen molar-refractivity contribution in [2.24, 2.45) is 0 Å². The first-order valence-corrected chi connectivity index (χ1v) is 6.73. The molecular formula is C14H17N5O. The standard InChI is InChI=1S/C14H17N5O/c20-13(12-17-6-1-2-7-17)18-8-10-19(11-9-18)14-15-4-3-5-16-14/h1-7H,8-12H2. The summed E-state index contributed by atoms with van der Waals surface area (Å²) in [6.07, 6.45) is 7.30. The van der Waals surface area contributed by atoms with E-state index in [1.54, 1.807) is 18.5 Å². The van der Waals surface area contributed by atoms with Gasteiger partial charge in [-0.05, 0) is 18.2 Å². The molecule has 0 radical (unpaired) electrons. The Morgan fingerprint density at radius 3 is 2.30 bits per heavy atom. The maximum Gasteiger partial charge on any atom is 0.242 e. The molecule has 0 bridgehead atoms. The molecule has 0 aromatic carbocycles. The minimum absolute atomic E-state index is 0.162. The van der Waals surface area contributed by atoms with Crippen molar-refractivity contribution >= 4 is 11.9 Å². The van der Waals surface area contributed by atoms with Gasteiger partial charge in [0.05, 0.1) is 0 Å². The van der Waals surface area contributed by atoms with Crippen LogP contribution in [0.15, 0.2) is 43.0 Å². The molecule has 3 heterocycles. The fourth-order valence-electron chi connectivity index (χ4n) is 2.34. The summed E-state index contributed by atoms with van der Waals surface area (Å²) in [4.78, 5) is 24.7. The molecule has 2 aromatic heterocycles. The Hall–Kier alpha value is -2.37. The molecule has 6 heteroatoms. The number of aromatic nitrogens is 3. The van der Waals surface area contributed by atoms with E-state index in [0.717, 1.165) is 32.1 Å². The lowest BCUT2D eigenvalue weighted by atomic mass is 10.3. The van der Waals surface area contributed by atoms with Crippen molar-refractivity contribution in [3.05, 3.63) is 43.0 Å². The predicted octanol–water partition coefficient (Wildman–Crippen LogP) is 0.627. The minimum atomic E-state index is 0.162. The second-order valence-corrected chi connectivity index (χ2v) is 4.77. The second-order valence-electron chi connectivity index (χ2n) is 4.77.